The molecule has 5 nitrogen and oxygen atoms in total. The minimum atomic E-state index is -4.09. The molecule has 0 radical (unpaired) electrons. The zero-order valence-electron chi connectivity index (χ0n) is 22.9. The summed E-state index contributed by atoms with van der Waals surface area (Å²) in [6.07, 6.45) is 32.5. The van der Waals surface area contributed by atoms with Gasteiger partial charge < -0.3 is 14.3 Å². The molecule has 0 saturated heterocycles. The minimum Gasteiger partial charge on any atom is -0.344 e. The third kappa shape index (κ3) is 14.7. The SMILES string of the molecule is CCC=CCCC=CCCC=CC1C(COP(=O)(O)CP(C)(=O)O)C1(C)CCC=CCCC=CCC. The van der Waals surface area contributed by atoms with Crippen LogP contribution in [0.5, 0.6) is 0 Å². The molecule has 1 aliphatic rings. The highest BCUT2D eigenvalue weighted by Gasteiger charge is 2.59. The summed E-state index contributed by atoms with van der Waals surface area (Å²) >= 11 is 0. The van der Waals surface area contributed by atoms with Gasteiger partial charge >= 0.3 is 7.60 Å². The molecule has 0 aromatic heterocycles. The van der Waals surface area contributed by atoms with Crippen molar-refractivity contribution in [2.45, 2.75) is 85.0 Å². The molecule has 5 unspecified atom stereocenters. The third-order valence-corrected chi connectivity index (χ3v) is 10.7. The first-order valence-electron chi connectivity index (χ1n) is 13.6. The molecule has 36 heavy (non-hydrogen) atoms. The zero-order chi connectivity index (χ0) is 26.9. The fraction of sp³-hybridized carbons (Fsp3) is 0.655. The molecule has 0 aromatic rings. The zero-order valence-corrected chi connectivity index (χ0v) is 24.7. The Bertz CT molecular complexity index is 852. The molecule has 0 bridgehead atoms. The van der Waals surface area contributed by atoms with Crippen LogP contribution in [0.15, 0.2) is 60.8 Å². The largest absolute Gasteiger partial charge is 0.344 e. The van der Waals surface area contributed by atoms with Crippen LogP contribution in [0.3, 0.4) is 0 Å². The van der Waals surface area contributed by atoms with Gasteiger partial charge in [-0.05, 0) is 81.5 Å². The van der Waals surface area contributed by atoms with Gasteiger partial charge in [0.2, 0.25) is 7.37 Å². The molecule has 2 N–H and O–H groups in total. The average molecular weight is 541 g/mol. The summed E-state index contributed by atoms with van der Waals surface area (Å²) in [7, 11) is -7.71. The standard InChI is InChI=1S/C29H50O5P2/c1-5-7-9-11-13-15-16-17-19-21-23-27-28(25-34-36(32,33)26-35(4,30)31)29(27,3)24-22-20-18-14-12-10-8-6-2/h7-10,15-16,18,20-21,23,27-28H,5-6,11-14,17,19,22,24-26H2,1-4H3,(H,30,31)(H,32,33). The summed E-state index contributed by atoms with van der Waals surface area (Å²) in [4.78, 5) is 19.5. The van der Waals surface area contributed by atoms with E-state index in [-0.39, 0.29) is 23.9 Å². The summed E-state index contributed by atoms with van der Waals surface area (Å²) < 4.78 is 29.2. The molecule has 1 saturated carbocycles. The van der Waals surface area contributed by atoms with E-state index in [4.69, 9.17) is 4.52 Å². The molecular formula is C29H50O5P2. The maximum absolute atomic E-state index is 12.3. The van der Waals surface area contributed by atoms with Gasteiger partial charge in [-0.25, -0.2) is 0 Å². The summed E-state index contributed by atoms with van der Waals surface area (Å²) in [6, 6.07) is 0. The lowest BCUT2D eigenvalue weighted by atomic mass is 9.97. The van der Waals surface area contributed by atoms with E-state index in [0.29, 0.717) is 0 Å². The third-order valence-electron chi connectivity index (χ3n) is 6.66. The lowest BCUT2D eigenvalue weighted by Gasteiger charge is -2.15. The summed E-state index contributed by atoms with van der Waals surface area (Å²) in [6.45, 7) is 7.72. The normalized spacial score (nSPS) is 26.1. The second-order valence-electron chi connectivity index (χ2n) is 10.2. The van der Waals surface area contributed by atoms with Gasteiger partial charge in [-0.15, -0.1) is 0 Å². The first kappa shape index (κ1) is 33.1. The highest BCUT2D eigenvalue weighted by Crippen LogP contribution is 2.64. The Balaban J connectivity index is 2.60. The monoisotopic (exact) mass is 540 g/mol. The Hall–Kier alpha value is -0.960. The minimum absolute atomic E-state index is 0.000466. The summed E-state index contributed by atoms with van der Waals surface area (Å²) in [5.41, 5.74) is -0.000466. The van der Waals surface area contributed by atoms with Crippen LogP contribution in [0, 0.1) is 17.3 Å². The van der Waals surface area contributed by atoms with E-state index >= 15 is 0 Å². The lowest BCUT2D eigenvalue weighted by Crippen LogP contribution is -2.05. The second kappa shape index (κ2) is 17.5. The molecule has 0 aromatic carbocycles. The van der Waals surface area contributed by atoms with E-state index < -0.39 is 20.9 Å². The first-order chi connectivity index (χ1) is 17.1. The lowest BCUT2D eigenvalue weighted by molar-refractivity contribution is 0.233. The molecule has 0 heterocycles. The Morgan fingerprint density at radius 1 is 0.750 bits per heavy atom. The maximum Gasteiger partial charge on any atom is 0.337 e. The van der Waals surface area contributed by atoms with E-state index in [1.54, 1.807) is 0 Å². The molecule has 1 rings (SSSR count). The average Bonchev–Trinajstić information content (AvgIpc) is 3.35. The van der Waals surface area contributed by atoms with Crippen LogP contribution in [-0.2, 0) is 13.7 Å². The fourth-order valence-corrected chi connectivity index (χ4v) is 7.90. The van der Waals surface area contributed by atoms with E-state index in [9.17, 15) is 18.9 Å². The highest BCUT2D eigenvalue weighted by molar-refractivity contribution is 7.72. The smallest absolute Gasteiger partial charge is 0.337 e. The molecule has 5 atom stereocenters. The van der Waals surface area contributed by atoms with E-state index in [0.717, 1.165) is 70.9 Å². The number of allylic oxidation sites excluding steroid dienone is 10. The van der Waals surface area contributed by atoms with Crippen molar-refractivity contribution in [3.63, 3.8) is 0 Å². The summed E-state index contributed by atoms with van der Waals surface area (Å²) in [5.74, 6) is -0.283. The van der Waals surface area contributed by atoms with Crippen LogP contribution >= 0.6 is 15.0 Å². The molecular weight excluding hydrogens is 490 g/mol. The van der Waals surface area contributed by atoms with Crippen LogP contribution in [0.4, 0.5) is 0 Å². The predicted molar refractivity (Wildman–Crippen MR) is 155 cm³/mol. The van der Waals surface area contributed by atoms with Crippen molar-refractivity contribution in [1.82, 2.24) is 0 Å². The van der Waals surface area contributed by atoms with Gasteiger partial charge in [-0.1, -0.05) is 81.5 Å². The van der Waals surface area contributed by atoms with E-state index in [1.807, 2.05) is 0 Å². The molecule has 1 fully saturated rings. The van der Waals surface area contributed by atoms with Crippen LogP contribution in [-0.4, -0.2) is 29.0 Å². The van der Waals surface area contributed by atoms with Crippen molar-refractivity contribution in [2.75, 3.05) is 19.2 Å². The first-order valence-corrected chi connectivity index (χ1v) is 17.6. The van der Waals surface area contributed by atoms with Crippen molar-refractivity contribution >= 4 is 15.0 Å². The molecule has 0 amide bonds. The van der Waals surface area contributed by atoms with Crippen molar-refractivity contribution in [3.05, 3.63) is 60.8 Å². The van der Waals surface area contributed by atoms with Gasteiger partial charge in [-0.3, -0.25) is 9.13 Å². The predicted octanol–water partition coefficient (Wildman–Crippen LogP) is 9.02. The van der Waals surface area contributed by atoms with Crippen LogP contribution in [0.1, 0.15) is 85.0 Å². The fourth-order valence-electron chi connectivity index (χ4n) is 4.52. The van der Waals surface area contributed by atoms with Crippen molar-refractivity contribution in [3.8, 4) is 0 Å². The van der Waals surface area contributed by atoms with Gasteiger partial charge in [0, 0.05) is 6.66 Å². The number of unbranched alkanes of at least 4 members (excludes halogenated alkanes) is 3. The Kier molecular flexibility index (Phi) is 16.1. The van der Waals surface area contributed by atoms with Crippen LogP contribution in [0.2, 0.25) is 0 Å². The Morgan fingerprint density at radius 3 is 1.67 bits per heavy atom. The van der Waals surface area contributed by atoms with Gasteiger partial charge in [-0.2, -0.15) is 0 Å². The number of rotatable bonds is 20. The molecule has 206 valence electrons. The van der Waals surface area contributed by atoms with Gasteiger partial charge in [0.15, 0.2) is 0 Å². The van der Waals surface area contributed by atoms with Gasteiger partial charge in [0.05, 0.1) is 6.61 Å². The highest BCUT2D eigenvalue weighted by atomic mass is 31.2. The topological polar surface area (TPSA) is 83.8 Å². The Morgan fingerprint density at radius 2 is 1.19 bits per heavy atom. The maximum atomic E-state index is 12.3. The van der Waals surface area contributed by atoms with Crippen molar-refractivity contribution in [2.24, 2.45) is 17.3 Å². The number of hydrogen-bond acceptors (Lipinski definition) is 3. The van der Waals surface area contributed by atoms with E-state index in [2.05, 4.69) is 81.5 Å². The Labute approximate surface area is 220 Å². The molecule has 0 spiro atoms. The van der Waals surface area contributed by atoms with Gasteiger partial charge in [0.25, 0.3) is 0 Å². The molecule has 7 heteroatoms. The summed E-state index contributed by atoms with van der Waals surface area (Å²) in [5, 5.41) is 0. The molecule has 0 aliphatic heterocycles. The van der Waals surface area contributed by atoms with E-state index in [1.165, 1.54) is 0 Å². The quantitative estimate of drug-likeness (QED) is 0.0914. The van der Waals surface area contributed by atoms with Crippen LogP contribution in [0.25, 0.3) is 0 Å². The van der Waals surface area contributed by atoms with Crippen LogP contribution < -0.4 is 0 Å². The molecule has 1 aliphatic carbocycles. The van der Waals surface area contributed by atoms with Crippen molar-refractivity contribution in [1.29, 1.82) is 0 Å². The van der Waals surface area contributed by atoms with Crippen molar-refractivity contribution < 1.29 is 23.4 Å². The number of hydrogen-bond donors (Lipinski definition) is 2. The van der Waals surface area contributed by atoms with Gasteiger partial charge in [0.1, 0.15) is 5.90 Å². The second-order valence-corrected chi connectivity index (χ2v) is 14.9.